The SMILES string of the molecule is Cc1cc(C)cc(C(N)CN(C)CC2CCN(C)CC2)c1. The first-order valence-electron chi connectivity index (χ1n) is 8.15. The highest BCUT2D eigenvalue weighted by Gasteiger charge is 2.19. The van der Waals surface area contributed by atoms with Gasteiger partial charge in [-0.05, 0) is 65.4 Å². The Kier molecular flexibility index (Phi) is 5.80. The zero-order valence-electron chi connectivity index (χ0n) is 14.1. The number of piperidine rings is 1. The summed E-state index contributed by atoms with van der Waals surface area (Å²) >= 11 is 0. The number of likely N-dealkylation sites (N-methyl/N-ethyl adjacent to an activating group) is 1. The van der Waals surface area contributed by atoms with Crippen molar-refractivity contribution in [2.45, 2.75) is 32.7 Å². The summed E-state index contributed by atoms with van der Waals surface area (Å²) in [5, 5.41) is 0. The molecule has 1 aliphatic rings. The van der Waals surface area contributed by atoms with E-state index in [2.05, 4.69) is 55.9 Å². The largest absolute Gasteiger partial charge is 0.323 e. The van der Waals surface area contributed by atoms with E-state index in [0.29, 0.717) is 0 Å². The van der Waals surface area contributed by atoms with Gasteiger partial charge in [0, 0.05) is 19.1 Å². The molecule has 118 valence electrons. The molecule has 1 aromatic rings. The van der Waals surface area contributed by atoms with Crippen molar-refractivity contribution in [1.82, 2.24) is 9.80 Å². The maximum absolute atomic E-state index is 6.41. The summed E-state index contributed by atoms with van der Waals surface area (Å²) in [5.74, 6) is 0.831. The highest BCUT2D eigenvalue weighted by molar-refractivity contribution is 5.30. The van der Waals surface area contributed by atoms with Crippen molar-refractivity contribution in [2.75, 3.05) is 40.3 Å². The van der Waals surface area contributed by atoms with E-state index in [4.69, 9.17) is 5.73 Å². The summed E-state index contributed by atoms with van der Waals surface area (Å²) in [6.45, 7) is 8.88. The molecule has 3 heteroatoms. The highest BCUT2D eigenvalue weighted by atomic mass is 15.1. The topological polar surface area (TPSA) is 32.5 Å². The van der Waals surface area contributed by atoms with Gasteiger partial charge in [0.15, 0.2) is 0 Å². The van der Waals surface area contributed by atoms with Gasteiger partial charge in [-0.2, -0.15) is 0 Å². The van der Waals surface area contributed by atoms with Crippen molar-refractivity contribution in [1.29, 1.82) is 0 Å². The summed E-state index contributed by atoms with van der Waals surface area (Å²) in [5.41, 5.74) is 10.3. The molecular formula is C18H31N3. The molecule has 3 nitrogen and oxygen atoms in total. The quantitative estimate of drug-likeness (QED) is 0.904. The van der Waals surface area contributed by atoms with Crippen LogP contribution in [0.3, 0.4) is 0 Å². The third-order valence-corrected chi connectivity index (χ3v) is 4.59. The summed E-state index contributed by atoms with van der Waals surface area (Å²) in [4.78, 5) is 4.84. The van der Waals surface area contributed by atoms with Crippen LogP contribution in [0, 0.1) is 19.8 Å². The van der Waals surface area contributed by atoms with Gasteiger partial charge in [-0.1, -0.05) is 29.3 Å². The molecular weight excluding hydrogens is 258 g/mol. The van der Waals surface area contributed by atoms with Gasteiger partial charge in [0.2, 0.25) is 0 Å². The van der Waals surface area contributed by atoms with Crippen molar-refractivity contribution in [3.63, 3.8) is 0 Å². The normalized spacial score (nSPS) is 19.1. The van der Waals surface area contributed by atoms with Crippen LogP contribution in [0.15, 0.2) is 18.2 Å². The lowest BCUT2D eigenvalue weighted by atomic mass is 9.96. The van der Waals surface area contributed by atoms with Crippen LogP contribution >= 0.6 is 0 Å². The Balaban J connectivity index is 1.85. The third-order valence-electron chi connectivity index (χ3n) is 4.59. The molecule has 1 heterocycles. The lowest BCUT2D eigenvalue weighted by Gasteiger charge is -2.32. The summed E-state index contributed by atoms with van der Waals surface area (Å²) in [6.07, 6.45) is 2.64. The number of hydrogen-bond acceptors (Lipinski definition) is 3. The molecule has 0 aromatic heterocycles. The molecule has 0 aliphatic carbocycles. The molecule has 1 unspecified atom stereocenters. The van der Waals surface area contributed by atoms with Crippen LogP contribution in [0.1, 0.15) is 35.6 Å². The fraction of sp³-hybridized carbons (Fsp3) is 0.667. The minimum Gasteiger partial charge on any atom is -0.323 e. The van der Waals surface area contributed by atoms with Crippen molar-refractivity contribution in [3.8, 4) is 0 Å². The van der Waals surface area contributed by atoms with Gasteiger partial charge in [0.25, 0.3) is 0 Å². The first kappa shape index (κ1) is 16.5. The van der Waals surface area contributed by atoms with Crippen LogP contribution in [0.4, 0.5) is 0 Å². The number of rotatable bonds is 5. The van der Waals surface area contributed by atoms with E-state index < -0.39 is 0 Å². The fourth-order valence-corrected chi connectivity index (χ4v) is 3.43. The van der Waals surface area contributed by atoms with Crippen molar-refractivity contribution in [2.24, 2.45) is 11.7 Å². The number of benzene rings is 1. The number of nitrogens with zero attached hydrogens (tertiary/aromatic N) is 2. The van der Waals surface area contributed by atoms with Crippen molar-refractivity contribution in [3.05, 3.63) is 34.9 Å². The summed E-state index contributed by atoms with van der Waals surface area (Å²) in [7, 11) is 4.43. The second kappa shape index (κ2) is 7.39. The maximum atomic E-state index is 6.41. The molecule has 0 bridgehead atoms. The predicted molar refractivity (Wildman–Crippen MR) is 90.6 cm³/mol. The van der Waals surface area contributed by atoms with Gasteiger partial charge in [-0.15, -0.1) is 0 Å². The third kappa shape index (κ3) is 5.10. The first-order valence-corrected chi connectivity index (χ1v) is 8.15. The van der Waals surface area contributed by atoms with Crippen LogP contribution in [0.2, 0.25) is 0 Å². The Hall–Kier alpha value is -0.900. The Morgan fingerprint density at radius 1 is 1.19 bits per heavy atom. The van der Waals surface area contributed by atoms with Gasteiger partial charge < -0.3 is 15.5 Å². The lowest BCUT2D eigenvalue weighted by Crippen LogP contribution is -2.38. The summed E-state index contributed by atoms with van der Waals surface area (Å²) in [6, 6.07) is 6.76. The smallest absolute Gasteiger partial charge is 0.0424 e. The Labute approximate surface area is 130 Å². The van der Waals surface area contributed by atoms with Gasteiger partial charge in [0.1, 0.15) is 0 Å². The number of hydrogen-bond donors (Lipinski definition) is 1. The van der Waals surface area contributed by atoms with Gasteiger partial charge in [-0.25, -0.2) is 0 Å². The molecule has 0 spiro atoms. The molecule has 2 rings (SSSR count). The predicted octanol–water partition coefficient (Wildman–Crippen LogP) is 2.58. The minimum absolute atomic E-state index is 0.111. The second-order valence-corrected chi connectivity index (χ2v) is 7.00. The molecule has 1 atom stereocenters. The molecule has 1 aliphatic heterocycles. The van der Waals surface area contributed by atoms with Crippen LogP contribution < -0.4 is 5.73 Å². The zero-order chi connectivity index (χ0) is 15.4. The fourth-order valence-electron chi connectivity index (χ4n) is 3.43. The zero-order valence-corrected chi connectivity index (χ0v) is 14.1. The van der Waals surface area contributed by atoms with E-state index in [9.17, 15) is 0 Å². The number of aryl methyl sites for hydroxylation is 2. The molecule has 1 aromatic carbocycles. The average molecular weight is 289 g/mol. The number of likely N-dealkylation sites (tertiary alicyclic amines) is 1. The van der Waals surface area contributed by atoms with Gasteiger partial charge in [-0.3, -0.25) is 0 Å². The van der Waals surface area contributed by atoms with Crippen molar-refractivity contribution >= 4 is 0 Å². The van der Waals surface area contributed by atoms with Crippen molar-refractivity contribution < 1.29 is 0 Å². The van der Waals surface area contributed by atoms with E-state index >= 15 is 0 Å². The van der Waals surface area contributed by atoms with Crippen LogP contribution in [-0.2, 0) is 0 Å². The Morgan fingerprint density at radius 3 is 2.33 bits per heavy atom. The minimum atomic E-state index is 0.111. The van der Waals surface area contributed by atoms with E-state index in [1.807, 2.05) is 0 Å². The molecule has 2 N–H and O–H groups in total. The molecule has 21 heavy (non-hydrogen) atoms. The van der Waals surface area contributed by atoms with E-state index in [1.165, 1.54) is 49.2 Å². The summed E-state index contributed by atoms with van der Waals surface area (Å²) < 4.78 is 0. The standard InChI is InChI=1S/C18H31N3/c1-14-9-15(2)11-17(10-14)18(19)13-21(4)12-16-5-7-20(3)8-6-16/h9-11,16,18H,5-8,12-13,19H2,1-4H3. The van der Waals surface area contributed by atoms with Gasteiger partial charge >= 0.3 is 0 Å². The Bertz CT molecular complexity index is 430. The molecule has 0 amide bonds. The van der Waals surface area contributed by atoms with E-state index in [-0.39, 0.29) is 6.04 Å². The Morgan fingerprint density at radius 2 is 1.76 bits per heavy atom. The van der Waals surface area contributed by atoms with E-state index in [0.717, 1.165) is 12.5 Å². The monoisotopic (exact) mass is 289 g/mol. The van der Waals surface area contributed by atoms with Crippen LogP contribution in [0.25, 0.3) is 0 Å². The lowest BCUT2D eigenvalue weighted by molar-refractivity contribution is 0.172. The molecule has 0 radical (unpaired) electrons. The molecule has 0 saturated carbocycles. The number of nitrogens with two attached hydrogens (primary N) is 1. The van der Waals surface area contributed by atoms with E-state index in [1.54, 1.807) is 0 Å². The van der Waals surface area contributed by atoms with Gasteiger partial charge in [0.05, 0.1) is 0 Å². The molecule has 1 fully saturated rings. The maximum Gasteiger partial charge on any atom is 0.0424 e. The van der Waals surface area contributed by atoms with Crippen LogP contribution in [0.5, 0.6) is 0 Å². The average Bonchev–Trinajstić information content (AvgIpc) is 2.40. The van der Waals surface area contributed by atoms with Crippen LogP contribution in [-0.4, -0.2) is 50.1 Å². The first-order chi connectivity index (χ1) is 9.94. The molecule has 1 saturated heterocycles. The highest BCUT2D eigenvalue weighted by Crippen LogP contribution is 2.19. The second-order valence-electron chi connectivity index (χ2n) is 7.00.